The lowest BCUT2D eigenvalue weighted by atomic mass is 9.94. The van der Waals surface area contributed by atoms with Crippen LogP contribution in [0.3, 0.4) is 0 Å². The van der Waals surface area contributed by atoms with Gasteiger partial charge < -0.3 is 0 Å². The molecular weight excluding hydrogens is 325 g/mol. The standard InChI is InChI=1S/C22H22FN3/c1-26-13-3-2-4-21(26)19-11-9-17(10-12-19)16-5-7-18(8-6-16)20-14-24-22(23)25-15-20/h5-12,14-15,21H,2-4,13H2,1H3. The van der Waals surface area contributed by atoms with E-state index in [1.54, 1.807) is 0 Å². The summed E-state index contributed by atoms with van der Waals surface area (Å²) in [5.74, 6) is 0. The van der Waals surface area contributed by atoms with Crippen LogP contribution in [0.4, 0.5) is 4.39 Å². The second-order valence-corrected chi connectivity index (χ2v) is 6.93. The van der Waals surface area contributed by atoms with Crippen LogP contribution in [0.25, 0.3) is 22.3 Å². The van der Waals surface area contributed by atoms with Crippen LogP contribution in [-0.2, 0) is 0 Å². The minimum absolute atomic E-state index is 0.540. The zero-order valence-electron chi connectivity index (χ0n) is 14.9. The van der Waals surface area contributed by atoms with Crippen LogP contribution < -0.4 is 0 Å². The van der Waals surface area contributed by atoms with E-state index in [-0.39, 0.29) is 0 Å². The Morgan fingerprint density at radius 1 is 0.808 bits per heavy atom. The molecule has 1 atom stereocenters. The number of likely N-dealkylation sites (tertiary alicyclic amines) is 1. The smallest absolute Gasteiger partial charge is 0.299 e. The number of piperidine rings is 1. The van der Waals surface area contributed by atoms with Gasteiger partial charge in [-0.05, 0) is 48.7 Å². The predicted molar refractivity (Wildman–Crippen MR) is 102 cm³/mol. The summed E-state index contributed by atoms with van der Waals surface area (Å²) in [6.45, 7) is 1.18. The van der Waals surface area contributed by atoms with Crippen molar-refractivity contribution in [2.45, 2.75) is 25.3 Å². The molecule has 2 aromatic carbocycles. The van der Waals surface area contributed by atoms with Crippen molar-refractivity contribution >= 4 is 0 Å². The quantitative estimate of drug-likeness (QED) is 0.617. The SMILES string of the molecule is CN1CCCCC1c1ccc(-c2ccc(-c3cnc(F)nc3)cc2)cc1. The van der Waals surface area contributed by atoms with Gasteiger partial charge in [-0.1, -0.05) is 55.0 Å². The Bertz CT molecular complexity index is 857. The van der Waals surface area contributed by atoms with Gasteiger partial charge in [0.1, 0.15) is 0 Å². The van der Waals surface area contributed by atoms with Crippen molar-refractivity contribution in [2.75, 3.05) is 13.6 Å². The van der Waals surface area contributed by atoms with Crippen molar-refractivity contribution in [1.29, 1.82) is 0 Å². The predicted octanol–water partition coefficient (Wildman–Crippen LogP) is 5.11. The summed E-state index contributed by atoms with van der Waals surface area (Å²) >= 11 is 0. The zero-order valence-corrected chi connectivity index (χ0v) is 14.9. The highest BCUT2D eigenvalue weighted by atomic mass is 19.1. The summed E-state index contributed by atoms with van der Waals surface area (Å²) in [6.07, 6.45) is 6.17. The molecule has 0 aliphatic carbocycles. The Kier molecular flexibility index (Phi) is 4.76. The first-order valence-corrected chi connectivity index (χ1v) is 9.09. The Labute approximate surface area is 153 Å². The van der Waals surface area contributed by atoms with E-state index < -0.39 is 6.08 Å². The Hall–Kier alpha value is -2.59. The number of nitrogens with zero attached hydrogens (tertiary/aromatic N) is 3. The molecule has 1 fully saturated rings. The summed E-state index contributed by atoms with van der Waals surface area (Å²) < 4.78 is 12.9. The molecule has 1 unspecified atom stereocenters. The fraction of sp³-hybridized carbons (Fsp3) is 0.273. The van der Waals surface area contributed by atoms with E-state index in [1.165, 1.54) is 54.9 Å². The second-order valence-electron chi connectivity index (χ2n) is 6.93. The van der Waals surface area contributed by atoms with Crippen molar-refractivity contribution in [1.82, 2.24) is 14.9 Å². The highest BCUT2D eigenvalue weighted by Gasteiger charge is 2.20. The first-order valence-electron chi connectivity index (χ1n) is 9.09. The van der Waals surface area contributed by atoms with E-state index in [9.17, 15) is 4.39 Å². The Morgan fingerprint density at radius 2 is 1.35 bits per heavy atom. The Morgan fingerprint density at radius 3 is 1.92 bits per heavy atom. The second kappa shape index (κ2) is 7.34. The van der Waals surface area contributed by atoms with Crippen LogP contribution in [0, 0.1) is 6.08 Å². The van der Waals surface area contributed by atoms with Gasteiger partial charge in [0.15, 0.2) is 0 Å². The van der Waals surface area contributed by atoms with E-state index in [4.69, 9.17) is 0 Å². The number of benzene rings is 2. The van der Waals surface area contributed by atoms with E-state index in [2.05, 4.69) is 58.3 Å². The molecule has 1 aliphatic heterocycles. The van der Waals surface area contributed by atoms with Gasteiger partial charge in [0, 0.05) is 24.0 Å². The molecule has 0 N–H and O–H groups in total. The van der Waals surface area contributed by atoms with Crippen LogP contribution in [0.2, 0.25) is 0 Å². The van der Waals surface area contributed by atoms with E-state index in [1.807, 2.05) is 12.1 Å². The minimum atomic E-state index is -0.700. The average Bonchev–Trinajstić information content (AvgIpc) is 2.69. The molecule has 0 spiro atoms. The molecular formula is C22H22FN3. The molecule has 4 heteroatoms. The van der Waals surface area contributed by atoms with Crippen LogP contribution in [-0.4, -0.2) is 28.5 Å². The third-order valence-corrected chi connectivity index (χ3v) is 5.24. The monoisotopic (exact) mass is 347 g/mol. The number of aromatic nitrogens is 2. The van der Waals surface area contributed by atoms with Gasteiger partial charge in [0.05, 0.1) is 0 Å². The number of hydrogen-bond donors (Lipinski definition) is 0. The van der Waals surface area contributed by atoms with Crippen LogP contribution in [0.1, 0.15) is 30.9 Å². The summed E-state index contributed by atoms with van der Waals surface area (Å²) in [5.41, 5.74) is 5.56. The molecule has 3 nitrogen and oxygen atoms in total. The molecule has 132 valence electrons. The van der Waals surface area contributed by atoms with Crippen molar-refractivity contribution in [3.05, 3.63) is 72.6 Å². The normalized spacial score (nSPS) is 18.0. The first-order chi connectivity index (χ1) is 12.7. The summed E-state index contributed by atoms with van der Waals surface area (Å²) in [6, 6.07) is 17.7. The maximum absolute atomic E-state index is 12.9. The molecule has 0 bridgehead atoms. The molecule has 2 heterocycles. The molecule has 26 heavy (non-hydrogen) atoms. The molecule has 0 saturated carbocycles. The summed E-state index contributed by atoms with van der Waals surface area (Å²) in [5, 5.41) is 0. The number of halogens is 1. The molecule has 1 aromatic heterocycles. The molecule has 0 radical (unpaired) electrons. The first kappa shape index (κ1) is 16.9. The van der Waals surface area contributed by atoms with Crippen LogP contribution in [0.15, 0.2) is 60.9 Å². The van der Waals surface area contributed by atoms with Crippen molar-refractivity contribution < 1.29 is 4.39 Å². The van der Waals surface area contributed by atoms with E-state index in [0.29, 0.717) is 6.04 Å². The maximum Gasteiger partial charge on any atom is 0.308 e. The van der Waals surface area contributed by atoms with Crippen molar-refractivity contribution in [3.8, 4) is 22.3 Å². The van der Waals surface area contributed by atoms with Crippen molar-refractivity contribution in [2.24, 2.45) is 0 Å². The van der Waals surface area contributed by atoms with E-state index in [0.717, 1.165) is 11.1 Å². The highest BCUT2D eigenvalue weighted by Crippen LogP contribution is 2.31. The van der Waals surface area contributed by atoms with Gasteiger partial charge in [-0.15, -0.1) is 0 Å². The lowest BCUT2D eigenvalue weighted by Gasteiger charge is -2.32. The topological polar surface area (TPSA) is 29.0 Å². The van der Waals surface area contributed by atoms with Gasteiger partial charge in [-0.25, -0.2) is 9.97 Å². The number of rotatable bonds is 3. The van der Waals surface area contributed by atoms with E-state index >= 15 is 0 Å². The van der Waals surface area contributed by atoms with Gasteiger partial charge in [-0.2, -0.15) is 4.39 Å². The Balaban J connectivity index is 1.53. The molecule has 1 saturated heterocycles. The minimum Gasteiger partial charge on any atom is -0.299 e. The van der Waals surface area contributed by atoms with Crippen LogP contribution in [0.5, 0.6) is 0 Å². The number of hydrogen-bond acceptors (Lipinski definition) is 3. The largest absolute Gasteiger partial charge is 0.308 e. The summed E-state index contributed by atoms with van der Waals surface area (Å²) in [7, 11) is 2.22. The fourth-order valence-corrected chi connectivity index (χ4v) is 3.71. The van der Waals surface area contributed by atoms with Crippen LogP contribution >= 0.6 is 0 Å². The fourth-order valence-electron chi connectivity index (χ4n) is 3.71. The summed E-state index contributed by atoms with van der Waals surface area (Å²) in [4.78, 5) is 9.69. The third-order valence-electron chi connectivity index (χ3n) is 5.24. The molecule has 0 amide bonds. The van der Waals surface area contributed by atoms with Crippen molar-refractivity contribution in [3.63, 3.8) is 0 Å². The lowest BCUT2D eigenvalue weighted by Crippen LogP contribution is -2.29. The molecule has 4 rings (SSSR count). The average molecular weight is 347 g/mol. The highest BCUT2D eigenvalue weighted by molar-refractivity contribution is 5.69. The van der Waals surface area contributed by atoms with Gasteiger partial charge in [0.2, 0.25) is 0 Å². The molecule has 3 aromatic rings. The van der Waals surface area contributed by atoms with Gasteiger partial charge >= 0.3 is 6.08 Å². The third kappa shape index (κ3) is 3.51. The maximum atomic E-state index is 12.9. The zero-order chi connectivity index (χ0) is 17.9. The lowest BCUT2D eigenvalue weighted by molar-refractivity contribution is 0.187. The molecule has 1 aliphatic rings. The van der Waals surface area contributed by atoms with Gasteiger partial charge in [-0.3, -0.25) is 4.90 Å². The van der Waals surface area contributed by atoms with Gasteiger partial charge in [0.25, 0.3) is 0 Å².